The number of rotatable bonds is 1. The molecule has 1 heterocycles. The molecule has 1 radical (unpaired) electrons. The summed E-state index contributed by atoms with van der Waals surface area (Å²) < 4.78 is 0. The third kappa shape index (κ3) is 2.81. The van der Waals surface area contributed by atoms with Gasteiger partial charge < -0.3 is 7.43 Å². The Hall–Kier alpha value is -2.02. The van der Waals surface area contributed by atoms with Gasteiger partial charge in [0.1, 0.15) is 0 Å². The minimum atomic E-state index is 0. The number of nitrogens with zero attached hydrogens (tertiary/aromatic N) is 1. The molecule has 2 heteroatoms. The largest absolute Gasteiger partial charge is 0.358 e. The zero-order valence-corrected chi connectivity index (χ0v) is 14.6. The van der Waals surface area contributed by atoms with Gasteiger partial charge in [0.05, 0.1) is 5.52 Å². The van der Waals surface area contributed by atoms with Gasteiger partial charge >= 0.3 is 0 Å². The van der Waals surface area contributed by atoms with E-state index in [0.29, 0.717) is 0 Å². The Bertz CT molecular complexity index is 910. The van der Waals surface area contributed by atoms with Crippen LogP contribution in [0.1, 0.15) is 0 Å². The van der Waals surface area contributed by atoms with Crippen molar-refractivity contribution < 1.29 is 20.1 Å². The van der Waals surface area contributed by atoms with Gasteiger partial charge in [0.2, 0.25) is 0 Å². The molecule has 0 bridgehead atoms. The maximum absolute atomic E-state index is 4.76. The van der Waals surface area contributed by atoms with Crippen LogP contribution in [0.2, 0.25) is 0 Å². The van der Waals surface area contributed by atoms with Crippen molar-refractivity contribution in [3.8, 4) is 11.3 Å². The van der Waals surface area contributed by atoms with Crippen LogP contribution in [0.15, 0.2) is 72.8 Å². The molecule has 0 amide bonds. The van der Waals surface area contributed by atoms with Gasteiger partial charge in [-0.1, -0.05) is 60.0 Å². The summed E-state index contributed by atoms with van der Waals surface area (Å²) in [4.78, 5) is 4.76. The van der Waals surface area contributed by atoms with Crippen molar-refractivity contribution >= 4 is 21.7 Å². The zero-order chi connectivity index (χ0) is 13.4. The van der Waals surface area contributed by atoms with E-state index in [0.717, 1.165) is 22.2 Å². The molecule has 0 aliphatic carbocycles. The fourth-order valence-corrected chi connectivity index (χ4v) is 2.58. The van der Waals surface area contributed by atoms with Crippen molar-refractivity contribution in [1.29, 1.82) is 0 Å². The molecule has 0 unspecified atom stereocenters. The molecule has 0 spiro atoms. The smallest absolute Gasteiger partial charge is 0.0595 e. The van der Waals surface area contributed by atoms with Gasteiger partial charge in [-0.2, -0.15) is 0 Å². The van der Waals surface area contributed by atoms with Crippen molar-refractivity contribution in [2.75, 3.05) is 0 Å². The van der Waals surface area contributed by atoms with Gasteiger partial charge in [0.25, 0.3) is 0 Å². The van der Waals surface area contributed by atoms with E-state index in [1.54, 1.807) is 0 Å². The van der Waals surface area contributed by atoms with Crippen LogP contribution in [0, 0.1) is 13.5 Å². The van der Waals surface area contributed by atoms with Crippen molar-refractivity contribution in [2.24, 2.45) is 0 Å². The fourth-order valence-electron chi connectivity index (χ4n) is 2.58. The third-order valence-electron chi connectivity index (χ3n) is 3.58. The third-order valence-corrected chi connectivity index (χ3v) is 3.58. The van der Waals surface area contributed by atoms with Crippen LogP contribution in [0.5, 0.6) is 0 Å². The Morgan fingerprint density at radius 2 is 1.45 bits per heavy atom. The average Bonchev–Trinajstić information content (AvgIpc) is 2.54. The standard InChI is InChI=1S/C19H12N.CH3.Ir/c1-3-9-16-14(6-1)8-5-10-17(16)19-13-12-15-7-2-4-11-18(15)20-19;;/h1-9,11-13H;1H3;/q2*-1;. The quantitative estimate of drug-likeness (QED) is 0.351. The van der Waals surface area contributed by atoms with E-state index in [4.69, 9.17) is 4.98 Å². The normalized spacial score (nSPS) is 10.0. The second-order valence-corrected chi connectivity index (χ2v) is 4.83. The Balaban J connectivity index is 0.000000882. The minimum absolute atomic E-state index is 0. The first kappa shape index (κ1) is 16.4. The van der Waals surface area contributed by atoms with Crippen molar-refractivity contribution in [1.82, 2.24) is 4.98 Å². The molecule has 0 aliphatic rings. The molecule has 4 rings (SSSR count). The van der Waals surface area contributed by atoms with E-state index in [9.17, 15) is 0 Å². The Morgan fingerprint density at radius 3 is 2.32 bits per heavy atom. The summed E-state index contributed by atoms with van der Waals surface area (Å²) in [6.45, 7) is 0. The molecular formula is C20H15IrN-2. The second kappa shape index (κ2) is 6.83. The van der Waals surface area contributed by atoms with E-state index in [1.165, 1.54) is 10.8 Å². The number of hydrogen-bond acceptors (Lipinski definition) is 1. The molecule has 0 N–H and O–H groups in total. The van der Waals surface area contributed by atoms with Gasteiger partial charge in [-0.25, -0.2) is 0 Å². The van der Waals surface area contributed by atoms with Gasteiger partial charge in [-0.15, -0.1) is 29.1 Å². The number of para-hydroxylation sites is 1. The van der Waals surface area contributed by atoms with Crippen LogP contribution in [-0.4, -0.2) is 4.98 Å². The van der Waals surface area contributed by atoms with Crippen LogP contribution in [0.3, 0.4) is 0 Å². The zero-order valence-electron chi connectivity index (χ0n) is 12.2. The molecule has 111 valence electrons. The maximum atomic E-state index is 4.76. The molecule has 0 saturated carbocycles. The molecule has 0 atom stereocenters. The van der Waals surface area contributed by atoms with Crippen LogP contribution >= 0.6 is 0 Å². The Labute approximate surface area is 144 Å². The number of fused-ring (bicyclic) bond motifs is 2. The predicted octanol–water partition coefficient (Wildman–Crippen LogP) is 5.30. The number of hydrogen-bond donors (Lipinski definition) is 0. The molecule has 0 aliphatic heterocycles. The van der Waals surface area contributed by atoms with Crippen molar-refractivity contribution in [3.05, 3.63) is 86.3 Å². The molecule has 0 fully saturated rings. The summed E-state index contributed by atoms with van der Waals surface area (Å²) in [6.07, 6.45) is 0. The van der Waals surface area contributed by atoms with Gasteiger partial charge in [-0.05, 0) is 17.1 Å². The Morgan fingerprint density at radius 1 is 0.727 bits per heavy atom. The summed E-state index contributed by atoms with van der Waals surface area (Å²) in [6, 6.07) is 28.1. The first-order valence-corrected chi connectivity index (χ1v) is 6.67. The molecule has 1 nitrogen and oxygen atoms in total. The van der Waals surface area contributed by atoms with Crippen LogP contribution in [0.4, 0.5) is 0 Å². The number of pyridine rings is 1. The molecule has 3 aromatic carbocycles. The molecule has 0 saturated heterocycles. The SMILES string of the molecule is [CH3-].[Ir].[c-]1ccc2ccccc2c1-c1ccc2ccccc2n1. The molecule has 1 aromatic heterocycles. The maximum Gasteiger partial charge on any atom is 0.0595 e. The van der Waals surface area contributed by atoms with Gasteiger partial charge in [-0.3, -0.25) is 4.98 Å². The van der Waals surface area contributed by atoms with Crippen LogP contribution < -0.4 is 0 Å². The van der Waals surface area contributed by atoms with Gasteiger partial charge in [0.15, 0.2) is 0 Å². The summed E-state index contributed by atoms with van der Waals surface area (Å²) in [5.41, 5.74) is 3.06. The summed E-state index contributed by atoms with van der Waals surface area (Å²) >= 11 is 0. The van der Waals surface area contributed by atoms with E-state index in [-0.39, 0.29) is 27.5 Å². The van der Waals surface area contributed by atoms with Crippen LogP contribution in [-0.2, 0) is 20.1 Å². The van der Waals surface area contributed by atoms with E-state index < -0.39 is 0 Å². The summed E-state index contributed by atoms with van der Waals surface area (Å²) in [5, 5.41) is 3.57. The first-order valence-electron chi connectivity index (χ1n) is 6.67. The number of benzene rings is 3. The van der Waals surface area contributed by atoms with E-state index in [1.807, 2.05) is 24.3 Å². The fraction of sp³-hybridized carbons (Fsp3) is 0. The molecule has 4 aromatic rings. The van der Waals surface area contributed by atoms with Crippen molar-refractivity contribution in [3.63, 3.8) is 0 Å². The van der Waals surface area contributed by atoms with Crippen molar-refractivity contribution in [2.45, 2.75) is 0 Å². The Kier molecular flexibility index (Phi) is 5.07. The second-order valence-electron chi connectivity index (χ2n) is 4.83. The first-order chi connectivity index (χ1) is 9.92. The number of aromatic nitrogens is 1. The average molecular weight is 462 g/mol. The summed E-state index contributed by atoms with van der Waals surface area (Å²) in [5.74, 6) is 0. The monoisotopic (exact) mass is 462 g/mol. The van der Waals surface area contributed by atoms with Crippen LogP contribution in [0.25, 0.3) is 32.9 Å². The molecule has 22 heavy (non-hydrogen) atoms. The topological polar surface area (TPSA) is 12.9 Å². The van der Waals surface area contributed by atoms with Gasteiger partial charge in [0, 0.05) is 20.1 Å². The summed E-state index contributed by atoms with van der Waals surface area (Å²) in [7, 11) is 0. The molecular weight excluding hydrogens is 446 g/mol. The van der Waals surface area contributed by atoms with E-state index in [2.05, 4.69) is 54.6 Å². The predicted molar refractivity (Wildman–Crippen MR) is 89.9 cm³/mol. The van der Waals surface area contributed by atoms with E-state index >= 15 is 0 Å². The minimum Gasteiger partial charge on any atom is -0.358 e.